The van der Waals surface area contributed by atoms with Gasteiger partial charge in [0.2, 0.25) is 0 Å². The second-order valence-corrected chi connectivity index (χ2v) is 4.67. The molecule has 1 aromatic heterocycles. The Labute approximate surface area is 105 Å². The maximum Gasteiger partial charge on any atom is 0.123 e. The van der Waals surface area contributed by atoms with Gasteiger partial charge in [-0.1, -0.05) is 36.0 Å². The average Bonchev–Trinajstić information content (AvgIpc) is 2.33. The van der Waals surface area contributed by atoms with E-state index >= 15 is 0 Å². The lowest BCUT2D eigenvalue weighted by molar-refractivity contribution is 1.13. The van der Waals surface area contributed by atoms with E-state index in [2.05, 4.69) is 4.98 Å². The molecule has 86 valence electrons. The zero-order valence-corrected chi connectivity index (χ0v) is 10.3. The minimum absolute atomic E-state index is 0.0899. The Bertz CT molecular complexity index is 538. The molecule has 3 N–H and O–H groups in total. The first kappa shape index (κ1) is 11.7. The van der Waals surface area contributed by atoms with Gasteiger partial charge in [-0.15, -0.1) is 0 Å². The molecule has 0 amide bonds. The highest BCUT2D eigenvalue weighted by Gasteiger charge is 2.09. The number of hydrogen-bond acceptors (Lipinski definition) is 3. The Hall–Kier alpha value is -1.81. The normalized spacial score (nSPS) is 10.2. The third-order valence-corrected chi connectivity index (χ3v) is 3.54. The molecule has 2 aromatic rings. The molecular weight excluding hydrogens is 230 g/mol. The Morgan fingerprint density at radius 2 is 2.06 bits per heavy atom. The van der Waals surface area contributed by atoms with Gasteiger partial charge in [0.15, 0.2) is 0 Å². The van der Waals surface area contributed by atoms with Crippen LogP contribution in [-0.2, 0) is 0 Å². The van der Waals surface area contributed by atoms with Crippen molar-refractivity contribution in [2.45, 2.75) is 16.8 Å². The van der Waals surface area contributed by atoms with Crippen LogP contribution in [0.5, 0.6) is 0 Å². The van der Waals surface area contributed by atoms with Crippen molar-refractivity contribution in [3.8, 4) is 0 Å². The van der Waals surface area contributed by atoms with Crippen molar-refractivity contribution in [1.82, 2.24) is 4.98 Å². The van der Waals surface area contributed by atoms with Crippen LogP contribution in [0.4, 0.5) is 0 Å². The minimum atomic E-state index is 0.0899. The lowest BCUT2D eigenvalue weighted by Crippen LogP contribution is -2.12. The summed E-state index contributed by atoms with van der Waals surface area (Å²) < 4.78 is 0. The fraction of sp³-hybridized carbons (Fsp3) is 0.0769. The van der Waals surface area contributed by atoms with Crippen LogP contribution in [0.25, 0.3) is 0 Å². The first-order valence-corrected chi connectivity index (χ1v) is 6.03. The van der Waals surface area contributed by atoms with Gasteiger partial charge in [-0.05, 0) is 24.6 Å². The van der Waals surface area contributed by atoms with Crippen molar-refractivity contribution in [2.75, 3.05) is 0 Å². The topological polar surface area (TPSA) is 62.8 Å². The fourth-order valence-electron chi connectivity index (χ4n) is 1.51. The molecular formula is C13H13N3S. The van der Waals surface area contributed by atoms with Crippen LogP contribution in [0.2, 0.25) is 0 Å². The molecule has 4 heteroatoms. The van der Waals surface area contributed by atoms with Gasteiger partial charge in [0.25, 0.3) is 0 Å². The molecule has 0 spiro atoms. The molecule has 0 fully saturated rings. The van der Waals surface area contributed by atoms with Crippen LogP contribution in [0.3, 0.4) is 0 Å². The van der Waals surface area contributed by atoms with E-state index in [0.29, 0.717) is 0 Å². The number of benzene rings is 1. The third-order valence-electron chi connectivity index (χ3n) is 2.35. The molecule has 0 unspecified atom stereocenters. The van der Waals surface area contributed by atoms with Crippen molar-refractivity contribution in [2.24, 2.45) is 5.73 Å². The van der Waals surface area contributed by atoms with Crippen LogP contribution >= 0.6 is 11.8 Å². The van der Waals surface area contributed by atoms with E-state index in [-0.39, 0.29) is 5.84 Å². The van der Waals surface area contributed by atoms with Crippen molar-refractivity contribution in [1.29, 1.82) is 5.41 Å². The van der Waals surface area contributed by atoms with Crippen molar-refractivity contribution < 1.29 is 0 Å². The molecule has 0 saturated carbocycles. The van der Waals surface area contributed by atoms with Gasteiger partial charge in [-0.25, -0.2) is 4.98 Å². The van der Waals surface area contributed by atoms with E-state index in [0.717, 1.165) is 21.0 Å². The predicted molar refractivity (Wildman–Crippen MR) is 70.6 cm³/mol. The summed E-state index contributed by atoms with van der Waals surface area (Å²) >= 11 is 1.54. The number of nitrogens with one attached hydrogen (secondary N) is 1. The SMILES string of the molecule is Cc1cccc(C(=N)N)c1Sc1ccccn1. The number of aromatic nitrogens is 1. The van der Waals surface area contributed by atoms with Gasteiger partial charge in [0.05, 0.1) is 0 Å². The lowest BCUT2D eigenvalue weighted by Gasteiger charge is -2.10. The number of pyridine rings is 1. The zero-order valence-electron chi connectivity index (χ0n) is 9.47. The van der Waals surface area contributed by atoms with Crippen LogP contribution in [-0.4, -0.2) is 10.8 Å². The maximum atomic E-state index is 7.58. The summed E-state index contributed by atoms with van der Waals surface area (Å²) in [5.74, 6) is 0.0899. The summed E-state index contributed by atoms with van der Waals surface area (Å²) in [5.41, 5.74) is 7.46. The molecule has 0 saturated heterocycles. The largest absolute Gasteiger partial charge is 0.384 e. The molecule has 0 aliphatic heterocycles. The Kier molecular flexibility index (Phi) is 3.44. The van der Waals surface area contributed by atoms with Gasteiger partial charge >= 0.3 is 0 Å². The molecule has 1 heterocycles. The average molecular weight is 243 g/mol. The molecule has 1 aromatic carbocycles. The summed E-state index contributed by atoms with van der Waals surface area (Å²) in [7, 11) is 0. The third kappa shape index (κ3) is 2.65. The first-order valence-electron chi connectivity index (χ1n) is 5.21. The first-order chi connectivity index (χ1) is 8.18. The van der Waals surface area contributed by atoms with Crippen molar-refractivity contribution in [3.63, 3.8) is 0 Å². The van der Waals surface area contributed by atoms with E-state index in [1.54, 1.807) is 6.20 Å². The highest BCUT2D eigenvalue weighted by atomic mass is 32.2. The van der Waals surface area contributed by atoms with E-state index in [4.69, 9.17) is 11.1 Å². The monoisotopic (exact) mass is 243 g/mol. The summed E-state index contributed by atoms with van der Waals surface area (Å²) in [6.07, 6.45) is 1.76. The molecule has 3 nitrogen and oxygen atoms in total. The lowest BCUT2D eigenvalue weighted by atomic mass is 10.1. The summed E-state index contributed by atoms with van der Waals surface area (Å²) in [6, 6.07) is 11.6. The number of aryl methyl sites for hydroxylation is 1. The van der Waals surface area contributed by atoms with E-state index < -0.39 is 0 Å². The number of nitrogens with zero attached hydrogens (tertiary/aromatic N) is 1. The number of hydrogen-bond donors (Lipinski definition) is 2. The van der Waals surface area contributed by atoms with Crippen LogP contribution in [0.15, 0.2) is 52.5 Å². The quantitative estimate of drug-likeness (QED) is 0.643. The van der Waals surface area contributed by atoms with Crippen LogP contribution in [0.1, 0.15) is 11.1 Å². The second-order valence-electron chi connectivity index (χ2n) is 3.64. The van der Waals surface area contributed by atoms with Crippen LogP contribution < -0.4 is 5.73 Å². The van der Waals surface area contributed by atoms with E-state index in [9.17, 15) is 0 Å². The predicted octanol–water partition coefficient (Wildman–Crippen LogP) is 2.83. The Balaban J connectivity index is 2.41. The van der Waals surface area contributed by atoms with Crippen LogP contribution in [0, 0.1) is 12.3 Å². The van der Waals surface area contributed by atoms with Crippen molar-refractivity contribution in [3.05, 3.63) is 53.7 Å². The standard InChI is InChI=1S/C13H13N3S/c1-9-5-4-6-10(13(14)15)12(9)17-11-7-2-3-8-16-11/h2-8H,1H3,(H3,14,15). The Morgan fingerprint density at radius 1 is 1.24 bits per heavy atom. The maximum absolute atomic E-state index is 7.58. The highest BCUT2D eigenvalue weighted by molar-refractivity contribution is 7.99. The van der Waals surface area contributed by atoms with Gasteiger partial charge in [0, 0.05) is 16.7 Å². The molecule has 0 radical (unpaired) electrons. The molecule has 2 rings (SSSR count). The van der Waals surface area contributed by atoms with Gasteiger partial charge < -0.3 is 5.73 Å². The summed E-state index contributed by atoms with van der Waals surface area (Å²) in [4.78, 5) is 5.27. The number of nitrogens with two attached hydrogens (primary N) is 1. The molecule has 0 bridgehead atoms. The fourth-order valence-corrected chi connectivity index (χ4v) is 2.50. The smallest absolute Gasteiger partial charge is 0.123 e. The summed E-state index contributed by atoms with van der Waals surface area (Å²) in [6.45, 7) is 2.01. The van der Waals surface area contributed by atoms with E-state index in [1.165, 1.54) is 11.8 Å². The van der Waals surface area contributed by atoms with Gasteiger partial charge in [-0.3, -0.25) is 5.41 Å². The molecule has 0 aliphatic rings. The minimum Gasteiger partial charge on any atom is -0.384 e. The van der Waals surface area contributed by atoms with E-state index in [1.807, 2.05) is 43.3 Å². The zero-order chi connectivity index (χ0) is 12.3. The Morgan fingerprint density at radius 3 is 2.71 bits per heavy atom. The molecule has 0 atom stereocenters. The van der Waals surface area contributed by atoms with Gasteiger partial charge in [0.1, 0.15) is 10.9 Å². The molecule has 17 heavy (non-hydrogen) atoms. The number of nitrogen functional groups attached to an aromatic ring is 1. The summed E-state index contributed by atoms with van der Waals surface area (Å²) in [5, 5.41) is 8.49. The molecule has 0 aliphatic carbocycles. The number of rotatable bonds is 3. The number of amidine groups is 1. The van der Waals surface area contributed by atoms with Gasteiger partial charge in [-0.2, -0.15) is 0 Å². The van der Waals surface area contributed by atoms with Crippen molar-refractivity contribution >= 4 is 17.6 Å². The highest BCUT2D eigenvalue weighted by Crippen LogP contribution is 2.31. The second kappa shape index (κ2) is 5.01.